The van der Waals surface area contributed by atoms with Crippen LogP contribution < -0.4 is 0 Å². The minimum atomic E-state index is -5.64. The van der Waals surface area contributed by atoms with Crippen LogP contribution in [-0.2, 0) is 4.57 Å². The molecule has 64 valence electrons. The Kier molecular flexibility index (Phi) is 42.3. The first-order valence-corrected chi connectivity index (χ1v) is 2.16. The molecule has 1 N–H and O–H groups in total. The molecule has 9 heavy (non-hydrogen) atoms. The molecule has 0 spiro atoms. The van der Waals surface area contributed by atoms with Crippen LogP contribution in [0.25, 0.3) is 0 Å². The largest absolute Gasteiger partial charge is 0.549 e. The van der Waals surface area contributed by atoms with Gasteiger partial charge in [0.05, 0.1) is 0 Å². The molecule has 0 aromatic heterocycles. The van der Waals surface area contributed by atoms with Gasteiger partial charge in [0.1, 0.15) is 0 Å². The summed E-state index contributed by atoms with van der Waals surface area (Å²) in [5.74, 6) is 0. The van der Waals surface area contributed by atoms with E-state index in [0.717, 1.165) is 0 Å². The Balaban J connectivity index is -0.0000000133. The monoisotopic (exact) mass is 246 g/mol. The predicted molar refractivity (Wildman–Crippen MR) is 41.0 cm³/mol. The van der Waals surface area contributed by atoms with Crippen LogP contribution in [0.4, 0.5) is 8.39 Å². The van der Waals surface area contributed by atoms with E-state index in [9.17, 15) is 8.39 Å². The maximum Gasteiger partial charge on any atom is 0.549 e. The summed E-state index contributed by atoms with van der Waals surface area (Å²) in [6, 6.07) is 0. The van der Waals surface area contributed by atoms with Crippen molar-refractivity contribution in [1.82, 2.24) is 0 Å². The predicted octanol–water partition coefficient (Wildman–Crippen LogP) is 2.71. The molecule has 0 rings (SSSR count). The van der Waals surface area contributed by atoms with E-state index in [1.807, 2.05) is 0 Å². The van der Waals surface area contributed by atoms with Crippen molar-refractivity contribution < 1.29 is 17.9 Å². The van der Waals surface area contributed by atoms with Crippen LogP contribution in [0.3, 0.4) is 0 Å². The van der Waals surface area contributed by atoms with E-state index in [-0.39, 0.29) is 49.6 Å². The first-order valence-electron chi connectivity index (χ1n) is 0.721. The van der Waals surface area contributed by atoms with Gasteiger partial charge >= 0.3 is 7.99 Å². The SMILES string of the molecule is Cl.Cl.Cl.Cl.O=P(O)(F)F. The third-order valence-electron chi connectivity index (χ3n) is 0. The van der Waals surface area contributed by atoms with Crippen LogP contribution in [0.2, 0.25) is 0 Å². The molecule has 0 radical (unpaired) electrons. The van der Waals surface area contributed by atoms with Crippen molar-refractivity contribution in [2.75, 3.05) is 0 Å². The van der Waals surface area contributed by atoms with E-state index in [2.05, 4.69) is 0 Å². The molecule has 0 atom stereocenters. The molecular formula is H5Cl4F2O2P. The first-order chi connectivity index (χ1) is 2.00. The van der Waals surface area contributed by atoms with Crippen LogP contribution in [0.15, 0.2) is 0 Å². The molecule has 0 aromatic carbocycles. The molecule has 0 fully saturated rings. The molecule has 2 nitrogen and oxygen atoms in total. The van der Waals surface area contributed by atoms with Crippen molar-refractivity contribution in [1.29, 1.82) is 0 Å². The van der Waals surface area contributed by atoms with Gasteiger partial charge in [-0.25, -0.2) is 4.57 Å². The Morgan fingerprint density at radius 1 is 1.00 bits per heavy atom. The van der Waals surface area contributed by atoms with Gasteiger partial charge in [0.15, 0.2) is 0 Å². The molecular weight excluding hydrogens is 243 g/mol. The molecule has 9 heteroatoms. The van der Waals surface area contributed by atoms with Gasteiger partial charge in [-0.1, -0.05) is 0 Å². The lowest BCUT2D eigenvalue weighted by Crippen LogP contribution is -1.45. The van der Waals surface area contributed by atoms with E-state index in [1.54, 1.807) is 0 Å². The van der Waals surface area contributed by atoms with E-state index < -0.39 is 7.99 Å². The second kappa shape index (κ2) is 11.9. The van der Waals surface area contributed by atoms with Gasteiger partial charge in [0.25, 0.3) is 0 Å². The zero-order chi connectivity index (χ0) is 4.50. The highest BCUT2D eigenvalue weighted by Gasteiger charge is 2.09. The normalized spacial score (nSPS) is 6.56. The molecule has 0 saturated heterocycles. The van der Waals surface area contributed by atoms with Gasteiger partial charge < -0.3 is 0 Å². The summed E-state index contributed by atoms with van der Waals surface area (Å²) in [6.45, 7) is 0. The third kappa shape index (κ3) is 327. The number of halogens is 6. The number of hydrogen-bond acceptors (Lipinski definition) is 1. The molecule has 0 aliphatic heterocycles. The highest BCUT2D eigenvalue weighted by Crippen LogP contribution is 2.43. The van der Waals surface area contributed by atoms with Crippen molar-refractivity contribution in [3.8, 4) is 0 Å². The Labute approximate surface area is 75.7 Å². The first kappa shape index (κ1) is 31.9. The van der Waals surface area contributed by atoms with Crippen molar-refractivity contribution >= 4 is 57.6 Å². The molecule has 0 aromatic rings. The Morgan fingerprint density at radius 2 is 1.00 bits per heavy atom. The fourth-order valence-electron chi connectivity index (χ4n) is 0. The molecule has 0 aliphatic carbocycles. The minimum Gasteiger partial charge on any atom is -0.296 e. The number of rotatable bonds is 0. The summed E-state index contributed by atoms with van der Waals surface area (Å²) in [5, 5.41) is 0. The Bertz CT molecular complexity index is 62.7. The minimum absolute atomic E-state index is 0. The van der Waals surface area contributed by atoms with Gasteiger partial charge in [-0.2, -0.15) is 0 Å². The second-order valence-corrected chi connectivity index (χ2v) is 1.30. The van der Waals surface area contributed by atoms with Crippen molar-refractivity contribution in [3.63, 3.8) is 0 Å². The maximum absolute atomic E-state index is 10.1. The van der Waals surface area contributed by atoms with Gasteiger partial charge in [0.2, 0.25) is 0 Å². The van der Waals surface area contributed by atoms with Crippen LogP contribution in [0, 0.1) is 0 Å². The molecule has 0 bridgehead atoms. The Hall–Kier alpha value is 1.21. The van der Waals surface area contributed by atoms with Crippen LogP contribution in [-0.4, -0.2) is 4.89 Å². The summed E-state index contributed by atoms with van der Waals surface area (Å²) in [4.78, 5) is 6.74. The average Bonchev–Trinajstić information content (AvgIpc) is 0.722. The molecule has 0 amide bonds. The molecule has 0 heterocycles. The smallest absolute Gasteiger partial charge is 0.296 e. The fraction of sp³-hybridized carbons (Fsp3) is 0. The fourth-order valence-corrected chi connectivity index (χ4v) is 0. The zero-order valence-corrected chi connectivity index (χ0v) is 7.85. The summed E-state index contributed by atoms with van der Waals surface area (Å²) in [7, 11) is -5.64. The molecule has 0 unspecified atom stereocenters. The molecule has 0 aliphatic rings. The topological polar surface area (TPSA) is 37.3 Å². The van der Waals surface area contributed by atoms with Crippen LogP contribution >= 0.6 is 57.6 Å². The van der Waals surface area contributed by atoms with E-state index >= 15 is 0 Å². The van der Waals surface area contributed by atoms with Gasteiger partial charge in [-0.15, -0.1) is 58.0 Å². The van der Waals surface area contributed by atoms with Gasteiger partial charge in [-0.3, -0.25) is 4.89 Å². The lowest BCUT2D eigenvalue weighted by atomic mass is 15.9. The average molecular weight is 248 g/mol. The van der Waals surface area contributed by atoms with Crippen LogP contribution in [0.1, 0.15) is 0 Å². The lowest BCUT2D eigenvalue weighted by molar-refractivity contribution is 0.376. The quantitative estimate of drug-likeness (QED) is 0.669. The second-order valence-electron chi connectivity index (χ2n) is 0.435. The summed E-state index contributed by atoms with van der Waals surface area (Å²) in [6.07, 6.45) is 0. The maximum atomic E-state index is 10.1. The summed E-state index contributed by atoms with van der Waals surface area (Å²) >= 11 is 0. The van der Waals surface area contributed by atoms with E-state index in [1.165, 1.54) is 0 Å². The number of hydrogen-bond donors (Lipinski definition) is 1. The Morgan fingerprint density at radius 3 is 1.00 bits per heavy atom. The summed E-state index contributed by atoms with van der Waals surface area (Å²) < 4.78 is 28.7. The highest BCUT2D eigenvalue weighted by atomic mass is 35.5. The summed E-state index contributed by atoms with van der Waals surface area (Å²) in [5.41, 5.74) is 0. The van der Waals surface area contributed by atoms with Crippen molar-refractivity contribution in [2.45, 2.75) is 0 Å². The standard InChI is InChI=1S/4ClH.F2HO2P/c;;;;1-5(2,3)4/h4*1H;(H,3,4). The van der Waals surface area contributed by atoms with E-state index in [4.69, 9.17) is 9.46 Å². The highest BCUT2D eigenvalue weighted by molar-refractivity contribution is 7.46. The lowest BCUT2D eigenvalue weighted by Gasteiger charge is -1.73. The van der Waals surface area contributed by atoms with Crippen molar-refractivity contribution in [2.24, 2.45) is 0 Å². The third-order valence-corrected chi connectivity index (χ3v) is 0. The van der Waals surface area contributed by atoms with Crippen molar-refractivity contribution in [3.05, 3.63) is 0 Å². The zero-order valence-electron chi connectivity index (χ0n) is 3.69. The van der Waals surface area contributed by atoms with Crippen LogP contribution in [0.5, 0.6) is 0 Å². The van der Waals surface area contributed by atoms with E-state index in [0.29, 0.717) is 0 Å². The van der Waals surface area contributed by atoms with Gasteiger partial charge in [-0.05, 0) is 0 Å². The van der Waals surface area contributed by atoms with Gasteiger partial charge in [0, 0.05) is 0 Å². The molecule has 0 saturated carbocycles.